The minimum absolute atomic E-state index is 0.168. The van der Waals surface area contributed by atoms with E-state index in [0.29, 0.717) is 6.54 Å². The average molecular weight is 232 g/mol. The summed E-state index contributed by atoms with van der Waals surface area (Å²) in [6.07, 6.45) is 3.41. The summed E-state index contributed by atoms with van der Waals surface area (Å²) in [5.74, 6) is 0. The highest BCUT2D eigenvalue weighted by atomic mass is 19.4. The fourth-order valence-corrected chi connectivity index (χ4v) is 1.37. The van der Waals surface area contributed by atoms with E-state index in [2.05, 4.69) is 11.7 Å². The van der Waals surface area contributed by atoms with Gasteiger partial charge >= 0.3 is 6.98 Å². The molecule has 0 N–H and O–H groups in total. The van der Waals surface area contributed by atoms with Crippen molar-refractivity contribution in [2.75, 3.05) is 13.6 Å². The van der Waals surface area contributed by atoms with Crippen LogP contribution in [-0.2, 0) is 13.6 Å². The van der Waals surface area contributed by atoms with Gasteiger partial charge < -0.3 is 17.8 Å². The maximum atomic E-state index is 12.3. The van der Waals surface area contributed by atoms with Gasteiger partial charge in [-0.25, -0.2) is 0 Å². The number of rotatable bonds is 5. The minimum Gasteiger partial charge on any atom is -0.445 e. The molecule has 0 aliphatic carbocycles. The molecule has 0 bridgehead atoms. The molecule has 16 heavy (non-hydrogen) atoms. The van der Waals surface area contributed by atoms with E-state index < -0.39 is 12.4 Å². The summed E-state index contributed by atoms with van der Waals surface area (Å²) in [6.45, 7) is -1.62. The normalized spacial score (nSPS) is 12.1. The summed E-state index contributed by atoms with van der Waals surface area (Å²) < 4.78 is 38.4. The molecule has 0 fully saturated rings. The van der Waals surface area contributed by atoms with Crippen molar-refractivity contribution < 1.29 is 12.9 Å². The lowest BCUT2D eigenvalue weighted by atomic mass is 9.80. The molecule has 0 spiro atoms. The Morgan fingerprint density at radius 3 is 2.62 bits per heavy atom. The lowest BCUT2D eigenvalue weighted by molar-refractivity contribution is 0.350. The predicted molar refractivity (Wildman–Crippen MR) is 57.8 cm³/mol. The molecule has 0 radical (unpaired) electrons. The van der Waals surface area contributed by atoms with E-state index in [9.17, 15) is 12.9 Å². The summed E-state index contributed by atoms with van der Waals surface area (Å²) >= 11 is 0. The van der Waals surface area contributed by atoms with E-state index >= 15 is 0 Å². The van der Waals surface area contributed by atoms with Crippen molar-refractivity contribution in [3.8, 4) is 0 Å². The maximum absolute atomic E-state index is 12.3. The predicted octanol–water partition coefficient (Wildman–Crippen LogP) is 1.79. The highest BCUT2D eigenvalue weighted by Gasteiger charge is 2.27. The third kappa shape index (κ3) is 3.73. The third-order valence-corrected chi connectivity index (χ3v) is 2.15. The third-order valence-electron chi connectivity index (χ3n) is 2.15. The van der Waals surface area contributed by atoms with Gasteiger partial charge in [-0.05, 0) is 13.6 Å². The molecule has 0 aliphatic rings. The van der Waals surface area contributed by atoms with Crippen LogP contribution in [-0.4, -0.2) is 35.3 Å². The zero-order chi connectivity index (χ0) is 12.3. The van der Waals surface area contributed by atoms with E-state index in [0.717, 1.165) is 5.56 Å². The van der Waals surface area contributed by atoms with Crippen LogP contribution < -0.4 is 0 Å². The topological polar surface area (TPSA) is 21.1 Å². The number of likely N-dealkylation sites (N-methyl/N-ethyl adjacent to an activating group) is 1. The van der Waals surface area contributed by atoms with Crippen LogP contribution in [0.3, 0.4) is 0 Å². The van der Waals surface area contributed by atoms with Crippen LogP contribution in [0.15, 0.2) is 24.4 Å². The lowest BCUT2D eigenvalue weighted by Gasteiger charge is -2.23. The Labute approximate surface area is 92.6 Å². The molecule has 0 aromatic carbocycles. The summed E-state index contributed by atoms with van der Waals surface area (Å²) in [6, 6.07) is 0. The highest BCUT2D eigenvalue weighted by Crippen LogP contribution is 2.19. The Hall–Kier alpha value is -1.24. The highest BCUT2D eigenvalue weighted by molar-refractivity contribution is 6.66. The molecular weight excluding hydrogens is 218 g/mol. The smallest absolute Gasteiger partial charge is 0.445 e. The zero-order valence-electron chi connectivity index (χ0n) is 9.33. The van der Waals surface area contributed by atoms with Gasteiger partial charge in [-0.15, -0.1) is 12.1 Å². The number of aromatic nitrogens is 2. The van der Waals surface area contributed by atoms with Crippen LogP contribution in [0.4, 0.5) is 12.9 Å². The molecule has 1 aromatic heterocycles. The molecular formula is C9H14BF3N3-. The van der Waals surface area contributed by atoms with Crippen LogP contribution in [0.25, 0.3) is 0 Å². The average Bonchev–Trinajstić information content (AvgIpc) is 2.49. The summed E-state index contributed by atoms with van der Waals surface area (Å²) in [7, 11) is 3.39. The van der Waals surface area contributed by atoms with Crippen molar-refractivity contribution in [2.45, 2.75) is 6.54 Å². The Balaban J connectivity index is 2.48. The second kappa shape index (κ2) is 4.73. The van der Waals surface area contributed by atoms with Crippen molar-refractivity contribution in [1.82, 2.24) is 14.7 Å². The van der Waals surface area contributed by atoms with Crippen LogP contribution in [0.5, 0.6) is 0 Å². The van der Waals surface area contributed by atoms with Gasteiger partial charge in [0.05, 0.1) is 6.20 Å². The SMILES string of the molecule is C=C(CN(C)Cc1cnn(C)c1)[B-](F)(F)F. The largest absolute Gasteiger partial charge is 0.506 e. The zero-order valence-corrected chi connectivity index (χ0v) is 9.33. The van der Waals surface area contributed by atoms with Gasteiger partial charge in [-0.1, -0.05) is 0 Å². The number of halogens is 3. The monoisotopic (exact) mass is 232 g/mol. The van der Waals surface area contributed by atoms with E-state index in [4.69, 9.17) is 0 Å². The van der Waals surface area contributed by atoms with Gasteiger partial charge in [0.15, 0.2) is 0 Å². The molecule has 90 valence electrons. The van der Waals surface area contributed by atoms with Gasteiger partial charge in [0.1, 0.15) is 0 Å². The first-order chi connectivity index (χ1) is 7.29. The molecule has 1 heterocycles. The summed E-state index contributed by atoms with van der Waals surface area (Å²) in [4.78, 5) is 1.56. The second-order valence-electron chi connectivity index (χ2n) is 3.93. The van der Waals surface area contributed by atoms with Gasteiger partial charge in [0, 0.05) is 25.4 Å². The quantitative estimate of drug-likeness (QED) is 0.721. The number of hydrogen-bond acceptors (Lipinski definition) is 2. The Morgan fingerprint density at radius 1 is 1.56 bits per heavy atom. The van der Waals surface area contributed by atoms with Crippen LogP contribution >= 0.6 is 0 Å². The summed E-state index contributed by atoms with van der Waals surface area (Å²) in [5, 5.41) is 3.95. The molecule has 0 unspecified atom stereocenters. The minimum atomic E-state index is -4.94. The fourth-order valence-electron chi connectivity index (χ4n) is 1.37. The Bertz CT molecular complexity index is 372. The second-order valence-corrected chi connectivity index (χ2v) is 3.93. The first-order valence-corrected chi connectivity index (χ1v) is 4.82. The lowest BCUT2D eigenvalue weighted by Crippen LogP contribution is -2.29. The molecule has 0 atom stereocenters. The number of aryl methyl sites for hydroxylation is 1. The van der Waals surface area contributed by atoms with Crippen LogP contribution in [0, 0.1) is 0 Å². The molecule has 3 nitrogen and oxygen atoms in total. The van der Waals surface area contributed by atoms with Gasteiger partial charge in [-0.2, -0.15) is 5.10 Å². The maximum Gasteiger partial charge on any atom is 0.506 e. The van der Waals surface area contributed by atoms with Gasteiger partial charge in [0.25, 0.3) is 0 Å². The van der Waals surface area contributed by atoms with E-state index in [1.54, 1.807) is 36.1 Å². The first kappa shape index (κ1) is 12.8. The fraction of sp³-hybridized carbons (Fsp3) is 0.444. The Kier molecular flexibility index (Phi) is 3.80. The van der Waals surface area contributed by atoms with E-state index in [1.165, 1.54) is 0 Å². The summed E-state index contributed by atoms with van der Waals surface area (Å²) in [5.41, 5.74) is 0.207. The molecule has 0 saturated heterocycles. The van der Waals surface area contributed by atoms with Crippen LogP contribution in [0.1, 0.15) is 5.56 Å². The van der Waals surface area contributed by atoms with Crippen LogP contribution in [0.2, 0.25) is 0 Å². The first-order valence-electron chi connectivity index (χ1n) is 4.82. The standard InChI is InChI=1S/C9H14BF3N3/c1-8(10(11,12)13)5-15(2)6-9-4-14-16(3)7-9/h4,7H,1,5-6H2,2-3H3/q-1. The molecule has 0 saturated carbocycles. The van der Waals surface area contributed by atoms with E-state index in [-0.39, 0.29) is 6.54 Å². The van der Waals surface area contributed by atoms with Crippen molar-refractivity contribution in [3.05, 3.63) is 30.0 Å². The number of hydrogen-bond donors (Lipinski definition) is 0. The molecule has 0 aliphatic heterocycles. The molecule has 1 aromatic rings. The Morgan fingerprint density at radius 2 is 2.19 bits per heavy atom. The van der Waals surface area contributed by atoms with Crippen molar-refractivity contribution >= 4 is 6.98 Å². The van der Waals surface area contributed by atoms with Gasteiger partial charge in [-0.3, -0.25) is 4.68 Å². The number of nitrogens with zero attached hydrogens (tertiary/aromatic N) is 3. The van der Waals surface area contributed by atoms with E-state index in [1.807, 2.05) is 0 Å². The molecule has 1 rings (SSSR count). The molecule has 0 amide bonds. The van der Waals surface area contributed by atoms with Crippen molar-refractivity contribution in [2.24, 2.45) is 7.05 Å². The molecule has 7 heteroatoms. The van der Waals surface area contributed by atoms with Crippen molar-refractivity contribution in [3.63, 3.8) is 0 Å². The van der Waals surface area contributed by atoms with Gasteiger partial charge in [0.2, 0.25) is 0 Å². The van der Waals surface area contributed by atoms with Crippen molar-refractivity contribution in [1.29, 1.82) is 0 Å².